The molecule has 0 saturated heterocycles. The monoisotopic (exact) mass is 339 g/mol. The molecule has 1 amide bonds. The van der Waals surface area contributed by atoms with Crippen molar-refractivity contribution < 1.29 is 9.21 Å². The van der Waals surface area contributed by atoms with Crippen molar-refractivity contribution in [1.29, 1.82) is 0 Å². The molecule has 3 rings (SSSR count). The zero-order chi connectivity index (χ0) is 18.0. The normalized spacial score (nSPS) is 10.6. The van der Waals surface area contributed by atoms with Gasteiger partial charge in [-0.05, 0) is 49.2 Å². The number of H-pyrrole nitrogens is 1. The lowest BCUT2D eigenvalue weighted by atomic mass is 10.1. The van der Waals surface area contributed by atoms with E-state index in [0.717, 1.165) is 21.9 Å². The van der Waals surface area contributed by atoms with Crippen LogP contribution in [-0.4, -0.2) is 15.5 Å². The van der Waals surface area contributed by atoms with Crippen molar-refractivity contribution in [2.75, 3.05) is 5.32 Å². The van der Waals surface area contributed by atoms with Crippen molar-refractivity contribution in [1.82, 2.24) is 9.55 Å². The minimum atomic E-state index is -0.679. The Morgan fingerprint density at radius 3 is 2.68 bits per heavy atom. The van der Waals surface area contributed by atoms with Crippen LogP contribution in [0.15, 0.2) is 56.8 Å². The molecule has 2 aromatic heterocycles. The van der Waals surface area contributed by atoms with Gasteiger partial charge in [-0.2, -0.15) is 0 Å². The molecule has 0 aliphatic heterocycles. The van der Waals surface area contributed by atoms with Crippen LogP contribution in [0, 0.1) is 13.8 Å². The summed E-state index contributed by atoms with van der Waals surface area (Å²) in [7, 11) is 0. The second-order valence-electron chi connectivity index (χ2n) is 5.73. The number of nitrogens with one attached hydrogen (secondary N) is 2. The average Bonchev–Trinajstić information content (AvgIpc) is 3.08. The van der Waals surface area contributed by atoms with Gasteiger partial charge in [0.25, 0.3) is 11.5 Å². The minimum absolute atomic E-state index is 0.0497. The number of nitrogens with zero attached hydrogens (tertiary/aromatic N) is 1. The number of benzene rings is 1. The summed E-state index contributed by atoms with van der Waals surface area (Å²) < 4.78 is 6.08. The van der Waals surface area contributed by atoms with E-state index in [4.69, 9.17) is 4.42 Å². The molecule has 0 saturated carbocycles. The van der Waals surface area contributed by atoms with Gasteiger partial charge in [-0.15, -0.1) is 0 Å². The average molecular weight is 339 g/mol. The fraction of sp³-hybridized carbons (Fsp3) is 0.167. The van der Waals surface area contributed by atoms with Gasteiger partial charge in [-0.25, -0.2) is 4.79 Å². The zero-order valence-electron chi connectivity index (χ0n) is 13.8. The Hall–Kier alpha value is -3.35. The molecule has 2 N–H and O–H groups in total. The molecular formula is C18H17N3O4. The summed E-state index contributed by atoms with van der Waals surface area (Å²) in [4.78, 5) is 39.3. The van der Waals surface area contributed by atoms with E-state index >= 15 is 0 Å². The van der Waals surface area contributed by atoms with Gasteiger partial charge in [-0.3, -0.25) is 14.2 Å². The SMILES string of the molecule is Cc1ccc(NC(=O)c2c[nH]c(=O)n(Cc3ccco3)c2=O)cc1C. The maximum Gasteiger partial charge on any atom is 0.328 e. The summed E-state index contributed by atoms with van der Waals surface area (Å²) >= 11 is 0. The van der Waals surface area contributed by atoms with Crippen molar-refractivity contribution >= 4 is 11.6 Å². The number of hydrogen-bond donors (Lipinski definition) is 2. The molecule has 128 valence electrons. The van der Waals surface area contributed by atoms with Gasteiger partial charge < -0.3 is 14.7 Å². The Balaban J connectivity index is 1.91. The summed E-state index contributed by atoms with van der Waals surface area (Å²) in [6.07, 6.45) is 2.57. The van der Waals surface area contributed by atoms with Crippen molar-refractivity contribution in [3.05, 3.63) is 86.1 Å². The lowest BCUT2D eigenvalue weighted by Crippen LogP contribution is -2.39. The quantitative estimate of drug-likeness (QED) is 0.760. The molecule has 0 aliphatic rings. The molecule has 0 aliphatic carbocycles. The van der Waals surface area contributed by atoms with Gasteiger partial charge in [0.05, 0.1) is 12.8 Å². The maximum atomic E-state index is 12.5. The van der Waals surface area contributed by atoms with Crippen molar-refractivity contribution in [3.63, 3.8) is 0 Å². The molecule has 2 heterocycles. The Morgan fingerprint density at radius 2 is 2.00 bits per heavy atom. The van der Waals surface area contributed by atoms with Crippen LogP contribution >= 0.6 is 0 Å². The highest BCUT2D eigenvalue weighted by Crippen LogP contribution is 2.14. The Morgan fingerprint density at radius 1 is 1.20 bits per heavy atom. The second-order valence-corrected chi connectivity index (χ2v) is 5.73. The molecule has 0 radical (unpaired) electrons. The van der Waals surface area contributed by atoms with Crippen LogP contribution in [0.2, 0.25) is 0 Å². The zero-order valence-corrected chi connectivity index (χ0v) is 13.8. The van der Waals surface area contributed by atoms with Crippen molar-refractivity contribution in [3.8, 4) is 0 Å². The molecular weight excluding hydrogens is 322 g/mol. The maximum absolute atomic E-state index is 12.5. The predicted octanol–water partition coefficient (Wildman–Crippen LogP) is 2.05. The first kappa shape index (κ1) is 16.5. The van der Waals surface area contributed by atoms with Gasteiger partial charge >= 0.3 is 5.69 Å². The Labute approximate surface area is 142 Å². The van der Waals surface area contributed by atoms with Crippen LogP contribution < -0.4 is 16.6 Å². The largest absolute Gasteiger partial charge is 0.467 e. The highest BCUT2D eigenvalue weighted by atomic mass is 16.3. The first-order valence-corrected chi connectivity index (χ1v) is 7.69. The van der Waals surface area contributed by atoms with Crippen LogP contribution in [0.25, 0.3) is 0 Å². The van der Waals surface area contributed by atoms with E-state index in [9.17, 15) is 14.4 Å². The molecule has 1 aromatic carbocycles. The predicted molar refractivity (Wildman–Crippen MR) is 93.0 cm³/mol. The minimum Gasteiger partial charge on any atom is -0.467 e. The fourth-order valence-electron chi connectivity index (χ4n) is 2.39. The lowest BCUT2D eigenvalue weighted by molar-refractivity contribution is 0.102. The van der Waals surface area contributed by atoms with E-state index in [1.165, 1.54) is 6.26 Å². The number of anilines is 1. The van der Waals surface area contributed by atoms with Gasteiger partial charge in [0.2, 0.25) is 0 Å². The van der Waals surface area contributed by atoms with Gasteiger partial charge in [0.15, 0.2) is 0 Å². The third-order valence-corrected chi connectivity index (χ3v) is 3.96. The molecule has 0 fully saturated rings. The number of rotatable bonds is 4. The lowest BCUT2D eigenvalue weighted by Gasteiger charge is -2.09. The topological polar surface area (TPSA) is 97.1 Å². The smallest absolute Gasteiger partial charge is 0.328 e. The Bertz CT molecular complexity index is 1030. The number of amides is 1. The number of carbonyl (C=O) groups is 1. The number of hydrogen-bond acceptors (Lipinski definition) is 4. The third kappa shape index (κ3) is 3.45. The van der Waals surface area contributed by atoms with Crippen LogP contribution in [0.5, 0.6) is 0 Å². The van der Waals surface area contributed by atoms with Crippen LogP contribution in [0.3, 0.4) is 0 Å². The molecule has 0 spiro atoms. The van der Waals surface area contributed by atoms with Gasteiger partial charge in [0, 0.05) is 11.9 Å². The van der Waals surface area contributed by atoms with E-state index in [-0.39, 0.29) is 12.1 Å². The highest BCUT2D eigenvalue weighted by molar-refractivity contribution is 6.03. The van der Waals surface area contributed by atoms with E-state index in [0.29, 0.717) is 11.4 Å². The van der Waals surface area contributed by atoms with Crippen LogP contribution in [0.1, 0.15) is 27.2 Å². The van der Waals surface area contributed by atoms with Crippen molar-refractivity contribution in [2.24, 2.45) is 0 Å². The number of aryl methyl sites for hydroxylation is 2. The molecule has 7 nitrogen and oxygen atoms in total. The number of aromatic amines is 1. The number of furan rings is 1. The molecule has 7 heteroatoms. The summed E-state index contributed by atoms with van der Waals surface area (Å²) in [5.74, 6) is -0.142. The number of carbonyl (C=O) groups excluding carboxylic acids is 1. The molecule has 0 atom stereocenters. The fourth-order valence-corrected chi connectivity index (χ4v) is 2.39. The molecule has 25 heavy (non-hydrogen) atoms. The summed E-state index contributed by atoms with van der Waals surface area (Å²) in [5.41, 5.74) is 1.27. The summed E-state index contributed by atoms with van der Waals surface area (Å²) in [6, 6.07) is 8.76. The van der Waals surface area contributed by atoms with E-state index < -0.39 is 17.2 Å². The van der Waals surface area contributed by atoms with E-state index in [1.54, 1.807) is 18.2 Å². The van der Waals surface area contributed by atoms with Gasteiger partial charge in [-0.1, -0.05) is 6.07 Å². The van der Waals surface area contributed by atoms with Crippen molar-refractivity contribution in [2.45, 2.75) is 20.4 Å². The second kappa shape index (κ2) is 6.64. The molecule has 0 bridgehead atoms. The number of aromatic nitrogens is 2. The van der Waals surface area contributed by atoms with Gasteiger partial charge in [0.1, 0.15) is 11.3 Å². The first-order valence-electron chi connectivity index (χ1n) is 7.69. The highest BCUT2D eigenvalue weighted by Gasteiger charge is 2.16. The molecule has 3 aromatic rings. The Kier molecular flexibility index (Phi) is 4.38. The summed E-state index contributed by atoms with van der Waals surface area (Å²) in [5, 5.41) is 2.67. The summed E-state index contributed by atoms with van der Waals surface area (Å²) in [6.45, 7) is 3.85. The van der Waals surface area contributed by atoms with Crippen LogP contribution in [-0.2, 0) is 6.54 Å². The third-order valence-electron chi connectivity index (χ3n) is 3.96. The van der Waals surface area contributed by atoms with E-state index in [2.05, 4.69) is 10.3 Å². The standard InChI is InChI=1S/C18H17N3O4/c1-11-5-6-13(8-12(11)2)20-16(22)15-9-19-18(24)21(17(15)23)10-14-4-3-7-25-14/h3-9H,10H2,1-2H3,(H,19,24)(H,20,22). The molecule has 0 unspecified atom stereocenters. The van der Waals surface area contributed by atoms with E-state index in [1.807, 2.05) is 26.0 Å². The first-order chi connectivity index (χ1) is 12.0. The van der Waals surface area contributed by atoms with Crippen LogP contribution in [0.4, 0.5) is 5.69 Å².